The highest BCUT2D eigenvalue weighted by molar-refractivity contribution is 7.18. The highest BCUT2D eigenvalue weighted by atomic mass is 32.1. The summed E-state index contributed by atoms with van der Waals surface area (Å²) in [5.74, 6) is -0.622. The van der Waals surface area contributed by atoms with Gasteiger partial charge in [0.1, 0.15) is 0 Å². The molecular weight excluding hydrogens is 440 g/mol. The van der Waals surface area contributed by atoms with E-state index >= 15 is 0 Å². The molecule has 0 unspecified atom stereocenters. The molecule has 1 fully saturated rings. The monoisotopic (exact) mass is 466 g/mol. The first-order valence-corrected chi connectivity index (χ1v) is 11.8. The van der Waals surface area contributed by atoms with Gasteiger partial charge in [0.05, 0.1) is 15.2 Å². The zero-order chi connectivity index (χ0) is 23.0. The summed E-state index contributed by atoms with van der Waals surface area (Å²) in [5.41, 5.74) is 1.71. The number of piperazine rings is 1. The maximum absolute atomic E-state index is 12.4. The lowest BCUT2D eigenvalue weighted by Crippen LogP contribution is -2.52. The Morgan fingerprint density at radius 2 is 1.64 bits per heavy atom. The van der Waals surface area contributed by atoms with Crippen LogP contribution in [0.4, 0.5) is 10.5 Å². The number of nitrogens with zero attached hydrogens (tertiary/aromatic N) is 3. The van der Waals surface area contributed by atoms with Crippen molar-refractivity contribution in [2.24, 2.45) is 0 Å². The van der Waals surface area contributed by atoms with E-state index in [1.54, 1.807) is 21.1 Å². The molecule has 172 valence electrons. The third-order valence-corrected chi connectivity index (χ3v) is 6.51. The summed E-state index contributed by atoms with van der Waals surface area (Å²) in [6, 6.07) is 17.0. The summed E-state index contributed by atoms with van der Waals surface area (Å²) < 4.78 is 6.30. The number of esters is 1. The minimum absolute atomic E-state index is 0.187. The predicted octanol–water partition coefficient (Wildman–Crippen LogP) is 3.54. The summed E-state index contributed by atoms with van der Waals surface area (Å²) in [7, 11) is 0. The standard InChI is InChI=1S/C24H26N4O4S/c29-22(27-13-15-28(16-14-27)24(31)25-18-7-2-1-3-8-18)17-32-23(30)12-6-11-21-26-19-9-4-5-10-20(19)33-21/h1-5,7-10H,6,11-17H2,(H,25,31). The summed E-state index contributed by atoms with van der Waals surface area (Å²) in [4.78, 5) is 44.6. The maximum atomic E-state index is 12.4. The Morgan fingerprint density at radius 1 is 0.939 bits per heavy atom. The first-order valence-electron chi connectivity index (χ1n) is 11.0. The Hall–Kier alpha value is -3.46. The molecule has 1 aromatic heterocycles. The number of para-hydroxylation sites is 2. The highest BCUT2D eigenvalue weighted by Crippen LogP contribution is 2.22. The minimum Gasteiger partial charge on any atom is -0.456 e. The molecule has 0 aliphatic carbocycles. The van der Waals surface area contributed by atoms with Crippen molar-refractivity contribution in [3.63, 3.8) is 0 Å². The number of urea groups is 1. The van der Waals surface area contributed by atoms with Crippen LogP contribution in [-0.4, -0.2) is 65.5 Å². The van der Waals surface area contributed by atoms with Gasteiger partial charge >= 0.3 is 12.0 Å². The Bertz CT molecular complexity index is 1080. The smallest absolute Gasteiger partial charge is 0.321 e. The van der Waals surface area contributed by atoms with Gasteiger partial charge in [-0.3, -0.25) is 9.59 Å². The van der Waals surface area contributed by atoms with Crippen LogP contribution in [0.1, 0.15) is 17.8 Å². The van der Waals surface area contributed by atoms with Gasteiger partial charge in [0.2, 0.25) is 0 Å². The van der Waals surface area contributed by atoms with E-state index in [0.717, 1.165) is 20.9 Å². The van der Waals surface area contributed by atoms with Crippen LogP contribution in [0, 0.1) is 0 Å². The number of nitrogens with one attached hydrogen (secondary N) is 1. The fourth-order valence-corrected chi connectivity index (χ4v) is 4.61. The van der Waals surface area contributed by atoms with Crippen LogP contribution < -0.4 is 5.32 Å². The fraction of sp³-hybridized carbons (Fsp3) is 0.333. The predicted molar refractivity (Wildman–Crippen MR) is 127 cm³/mol. The van der Waals surface area contributed by atoms with E-state index in [-0.39, 0.29) is 30.9 Å². The highest BCUT2D eigenvalue weighted by Gasteiger charge is 2.24. The number of carbonyl (C=O) groups excluding carboxylic acids is 3. The lowest BCUT2D eigenvalue weighted by Gasteiger charge is -2.34. The molecule has 2 heterocycles. The number of aromatic nitrogens is 1. The average molecular weight is 467 g/mol. The van der Waals surface area contributed by atoms with Gasteiger partial charge in [-0.1, -0.05) is 30.3 Å². The fourth-order valence-electron chi connectivity index (χ4n) is 3.60. The number of fused-ring (bicyclic) bond motifs is 1. The molecule has 0 atom stereocenters. The summed E-state index contributed by atoms with van der Waals surface area (Å²) in [5, 5.41) is 3.84. The van der Waals surface area contributed by atoms with Gasteiger partial charge in [-0.25, -0.2) is 9.78 Å². The van der Waals surface area contributed by atoms with E-state index in [9.17, 15) is 14.4 Å². The zero-order valence-electron chi connectivity index (χ0n) is 18.2. The number of anilines is 1. The van der Waals surface area contributed by atoms with Gasteiger partial charge in [-0.05, 0) is 37.1 Å². The van der Waals surface area contributed by atoms with Crippen molar-refractivity contribution >= 4 is 45.1 Å². The van der Waals surface area contributed by atoms with Gasteiger partial charge in [0.25, 0.3) is 5.91 Å². The molecule has 0 bridgehead atoms. The third-order valence-electron chi connectivity index (χ3n) is 5.41. The normalized spacial score (nSPS) is 13.7. The van der Waals surface area contributed by atoms with Crippen molar-refractivity contribution in [2.75, 3.05) is 38.1 Å². The molecule has 1 saturated heterocycles. The second-order valence-corrected chi connectivity index (χ2v) is 8.87. The number of thiazole rings is 1. The Labute approximate surface area is 196 Å². The number of amides is 3. The van der Waals surface area contributed by atoms with Gasteiger partial charge in [-0.15, -0.1) is 11.3 Å². The molecule has 2 aromatic carbocycles. The number of hydrogen-bond donors (Lipinski definition) is 1. The molecule has 9 heteroatoms. The van der Waals surface area contributed by atoms with E-state index in [2.05, 4.69) is 10.3 Å². The summed E-state index contributed by atoms with van der Waals surface area (Å²) >= 11 is 1.63. The van der Waals surface area contributed by atoms with Gasteiger partial charge in [-0.2, -0.15) is 0 Å². The Morgan fingerprint density at radius 3 is 2.39 bits per heavy atom. The summed E-state index contributed by atoms with van der Waals surface area (Å²) in [6.07, 6.45) is 1.58. The van der Waals surface area contributed by atoms with E-state index in [0.29, 0.717) is 39.0 Å². The molecule has 0 saturated carbocycles. The molecule has 0 radical (unpaired) electrons. The number of rotatable bonds is 7. The Balaban J connectivity index is 1.13. The number of hydrogen-bond acceptors (Lipinski definition) is 6. The molecule has 3 amide bonds. The molecule has 0 spiro atoms. The molecule has 8 nitrogen and oxygen atoms in total. The quantitative estimate of drug-likeness (QED) is 0.538. The van der Waals surface area contributed by atoms with Crippen LogP contribution in [0.3, 0.4) is 0 Å². The van der Waals surface area contributed by atoms with Crippen LogP contribution in [0.25, 0.3) is 10.2 Å². The van der Waals surface area contributed by atoms with Crippen molar-refractivity contribution in [3.05, 3.63) is 59.6 Å². The molecule has 4 rings (SSSR count). The lowest BCUT2D eigenvalue weighted by molar-refractivity contribution is -0.152. The largest absolute Gasteiger partial charge is 0.456 e. The topological polar surface area (TPSA) is 91.8 Å². The van der Waals surface area contributed by atoms with Crippen molar-refractivity contribution in [3.8, 4) is 0 Å². The number of aryl methyl sites for hydroxylation is 1. The second kappa shape index (κ2) is 10.9. The van der Waals surface area contributed by atoms with Crippen LogP contribution in [0.5, 0.6) is 0 Å². The molecular formula is C24H26N4O4S. The van der Waals surface area contributed by atoms with E-state index in [4.69, 9.17) is 4.74 Å². The molecule has 1 aliphatic rings. The summed E-state index contributed by atoms with van der Waals surface area (Å²) in [6.45, 7) is 1.42. The SMILES string of the molecule is O=C(CCCc1nc2ccccc2s1)OCC(=O)N1CCN(C(=O)Nc2ccccc2)CC1. The first kappa shape index (κ1) is 22.7. The number of ether oxygens (including phenoxy) is 1. The van der Waals surface area contributed by atoms with Crippen LogP contribution in [0.15, 0.2) is 54.6 Å². The minimum atomic E-state index is -0.384. The van der Waals surface area contributed by atoms with Crippen molar-refractivity contribution in [2.45, 2.75) is 19.3 Å². The number of carbonyl (C=O) groups is 3. The van der Waals surface area contributed by atoms with Gasteiger partial charge in [0.15, 0.2) is 6.61 Å². The molecule has 1 N–H and O–H groups in total. The van der Waals surface area contributed by atoms with E-state index in [1.165, 1.54) is 0 Å². The van der Waals surface area contributed by atoms with E-state index in [1.807, 2.05) is 54.6 Å². The van der Waals surface area contributed by atoms with Crippen molar-refractivity contribution in [1.82, 2.24) is 14.8 Å². The average Bonchev–Trinajstić information content (AvgIpc) is 3.26. The van der Waals surface area contributed by atoms with Crippen molar-refractivity contribution in [1.29, 1.82) is 0 Å². The maximum Gasteiger partial charge on any atom is 0.321 e. The lowest BCUT2D eigenvalue weighted by atomic mass is 10.2. The van der Waals surface area contributed by atoms with E-state index < -0.39 is 0 Å². The zero-order valence-corrected chi connectivity index (χ0v) is 19.1. The first-order chi connectivity index (χ1) is 16.1. The number of benzene rings is 2. The molecule has 3 aromatic rings. The second-order valence-electron chi connectivity index (χ2n) is 7.75. The molecule has 1 aliphatic heterocycles. The third kappa shape index (κ3) is 6.29. The Kier molecular flexibility index (Phi) is 7.51. The van der Waals surface area contributed by atoms with Crippen LogP contribution in [0.2, 0.25) is 0 Å². The van der Waals surface area contributed by atoms with Crippen LogP contribution in [-0.2, 0) is 20.7 Å². The van der Waals surface area contributed by atoms with Gasteiger partial charge in [0, 0.05) is 38.3 Å². The van der Waals surface area contributed by atoms with Crippen LogP contribution >= 0.6 is 11.3 Å². The van der Waals surface area contributed by atoms with Gasteiger partial charge < -0.3 is 19.9 Å². The molecule has 33 heavy (non-hydrogen) atoms. The van der Waals surface area contributed by atoms with Crippen molar-refractivity contribution < 1.29 is 19.1 Å².